The molecular formula is C15H25NO3. The van der Waals surface area contributed by atoms with Crippen molar-refractivity contribution in [2.75, 3.05) is 6.61 Å². The van der Waals surface area contributed by atoms with Gasteiger partial charge in [-0.05, 0) is 44.4 Å². The van der Waals surface area contributed by atoms with Gasteiger partial charge in [-0.15, -0.1) is 0 Å². The van der Waals surface area contributed by atoms with E-state index in [0.29, 0.717) is 18.9 Å². The molecule has 3 aliphatic carbocycles. The van der Waals surface area contributed by atoms with Gasteiger partial charge >= 0.3 is 5.97 Å². The van der Waals surface area contributed by atoms with Gasteiger partial charge in [0.05, 0.1) is 6.10 Å². The molecule has 108 valence electrons. The van der Waals surface area contributed by atoms with Crippen LogP contribution in [0, 0.1) is 5.92 Å². The van der Waals surface area contributed by atoms with E-state index in [0.717, 1.165) is 31.8 Å². The second-order valence-corrected chi connectivity index (χ2v) is 6.65. The highest BCUT2D eigenvalue weighted by molar-refractivity contribution is 5.79. The predicted molar refractivity (Wildman–Crippen MR) is 72.1 cm³/mol. The Labute approximate surface area is 114 Å². The third-order valence-corrected chi connectivity index (χ3v) is 4.98. The van der Waals surface area contributed by atoms with Gasteiger partial charge in [0.1, 0.15) is 5.54 Å². The molecule has 3 rings (SSSR count). The smallest absolute Gasteiger partial charge is 0.324 e. The van der Waals surface area contributed by atoms with Gasteiger partial charge in [-0.25, -0.2) is 0 Å². The van der Waals surface area contributed by atoms with Crippen LogP contribution in [-0.4, -0.2) is 35.4 Å². The minimum atomic E-state index is -0.707. The molecule has 3 saturated carbocycles. The average molecular weight is 267 g/mol. The van der Waals surface area contributed by atoms with Crippen LogP contribution in [-0.2, 0) is 9.53 Å². The number of hydrogen-bond donors (Lipinski definition) is 2. The van der Waals surface area contributed by atoms with E-state index in [4.69, 9.17) is 4.74 Å². The summed E-state index contributed by atoms with van der Waals surface area (Å²) in [7, 11) is 0. The largest absolute Gasteiger partial charge is 0.480 e. The molecule has 2 unspecified atom stereocenters. The summed E-state index contributed by atoms with van der Waals surface area (Å²) in [6, 6.07) is 0.435. The molecule has 0 aliphatic heterocycles. The Hall–Kier alpha value is -0.610. The highest BCUT2D eigenvalue weighted by atomic mass is 16.5. The molecular weight excluding hydrogens is 242 g/mol. The Morgan fingerprint density at radius 2 is 1.95 bits per heavy atom. The van der Waals surface area contributed by atoms with Crippen molar-refractivity contribution in [3.05, 3.63) is 0 Å². The van der Waals surface area contributed by atoms with Crippen molar-refractivity contribution in [2.24, 2.45) is 5.92 Å². The maximum absolute atomic E-state index is 11.6. The fraction of sp³-hybridized carbons (Fsp3) is 0.933. The molecule has 0 spiro atoms. The molecule has 0 bridgehead atoms. The van der Waals surface area contributed by atoms with Gasteiger partial charge in [0.2, 0.25) is 0 Å². The number of hydrogen-bond acceptors (Lipinski definition) is 3. The maximum Gasteiger partial charge on any atom is 0.324 e. The van der Waals surface area contributed by atoms with Crippen molar-refractivity contribution < 1.29 is 14.6 Å². The van der Waals surface area contributed by atoms with Gasteiger partial charge in [0.25, 0.3) is 0 Å². The first-order valence-electron chi connectivity index (χ1n) is 7.81. The van der Waals surface area contributed by atoms with Crippen LogP contribution >= 0.6 is 0 Å². The monoisotopic (exact) mass is 267 g/mol. The summed E-state index contributed by atoms with van der Waals surface area (Å²) in [5.74, 6) is 0.0302. The van der Waals surface area contributed by atoms with Crippen LogP contribution in [0.15, 0.2) is 0 Å². The lowest BCUT2D eigenvalue weighted by molar-refractivity contribution is -0.145. The molecule has 3 aliphatic rings. The van der Waals surface area contributed by atoms with Crippen LogP contribution in [0.3, 0.4) is 0 Å². The van der Waals surface area contributed by atoms with E-state index >= 15 is 0 Å². The topological polar surface area (TPSA) is 58.6 Å². The third-order valence-electron chi connectivity index (χ3n) is 4.98. The predicted octanol–water partition coefficient (Wildman–Crippen LogP) is 2.32. The van der Waals surface area contributed by atoms with Crippen LogP contribution in [0.25, 0.3) is 0 Å². The number of carboxylic acids is 1. The second-order valence-electron chi connectivity index (χ2n) is 6.65. The molecule has 3 fully saturated rings. The molecule has 0 saturated heterocycles. The van der Waals surface area contributed by atoms with E-state index in [9.17, 15) is 9.90 Å². The molecule has 4 nitrogen and oxygen atoms in total. The molecule has 0 aromatic carbocycles. The molecule has 0 aromatic rings. The Balaban J connectivity index is 1.50. The zero-order valence-electron chi connectivity index (χ0n) is 11.6. The van der Waals surface area contributed by atoms with E-state index in [2.05, 4.69) is 5.32 Å². The SMILES string of the molecule is O=C(O)C1(NC2CC2)CCC(OCC2CCCC2)C1. The molecule has 0 radical (unpaired) electrons. The lowest BCUT2D eigenvalue weighted by atomic mass is 9.97. The molecule has 19 heavy (non-hydrogen) atoms. The highest BCUT2D eigenvalue weighted by Gasteiger charge is 2.48. The van der Waals surface area contributed by atoms with E-state index in [1.165, 1.54) is 25.7 Å². The summed E-state index contributed by atoms with van der Waals surface area (Å²) in [5.41, 5.74) is -0.707. The van der Waals surface area contributed by atoms with E-state index in [1.54, 1.807) is 0 Å². The Kier molecular flexibility index (Phi) is 3.81. The Morgan fingerprint density at radius 1 is 1.21 bits per heavy atom. The lowest BCUT2D eigenvalue weighted by Gasteiger charge is -2.26. The summed E-state index contributed by atoms with van der Waals surface area (Å²) >= 11 is 0. The quantitative estimate of drug-likeness (QED) is 0.775. The second kappa shape index (κ2) is 5.41. The summed E-state index contributed by atoms with van der Waals surface area (Å²) in [6.07, 6.45) is 9.89. The molecule has 0 heterocycles. The standard InChI is InChI=1S/C15H25NO3/c17-14(18)15(16-12-5-6-12)8-7-13(9-15)19-10-11-3-1-2-4-11/h11-13,16H,1-10H2,(H,17,18). The normalized spacial score (nSPS) is 35.9. The van der Waals surface area contributed by atoms with Crippen LogP contribution in [0.4, 0.5) is 0 Å². The lowest BCUT2D eigenvalue weighted by Crippen LogP contribution is -2.51. The van der Waals surface area contributed by atoms with Crippen LogP contribution in [0.5, 0.6) is 0 Å². The fourth-order valence-corrected chi connectivity index (χ4v) is 3.60. The summed E-state index contributed by atoms with van der Waals surface area (Å²) < 4.78 is 5.99. The zero-order chi connectivity index (χ0) is 13.3. The van der Waals surface area contributed by atoms with Gasteiger partial charge in [0, 0.05) is 19.1 Å². The first kappa shape index (κ1) is 13.4. The molecule has 0 amide bonds. The molecule has 2 N–H and O–H groups in total. The number of rotatable bonds is 6. The minimum Gasteiger partial charge on any atom is -0.480 e. The van der Waals surface area contributed by atoms with Crippen molar-refractivity contribution in [1.82, 2.24) is 5.32 Å². The first-order chi connectivity index (χ1) is 9.18. The van der Waals surface area contributed by atoms with Gasteiger partial charge < -0.3 is 9.84 Å². The fourth-order valence-electron chi connectivity index (χ4n) is 3.60. The zero-order valence-corrected chi connectivity index (χ0v) is 11.6. The van der Waals surface area contributed by atoms with Crippen LogP contribution < -0.4 is 5.32 Å². The molecule has 2 atom stereocenters. The van der Waals surface area contributed by atoms with Crippen LogP contribution in [0.1, 0.15) is 57.8 Å². The molecule has 0 aromatic heterocycles. The van der Waals surface area contributed by atoms with Crippen molar-refractivity contribution in [1.29, 1.82) is 0 Å². The van der Waals surface area contributed by atoms with Crippen LogP contribution in [0.2, 0.25) is 0 Å². The van der Waals surface area contributed by atoms with E-state index < -0.39 is 11.5 Å². The average Bonchev–Trinajstić information content (AvgIpc) is 2.91. The number of nitrogens with one attached hydrogen (secondary N) is 1. The summed E-state index contributed by atoms with van der Waals surface area (Å²) in [5, 5.41) is 12.9. The van der Waals surface area contributed by atoms with Crippen molar-refractivity contribution in [3.63, 3.8) is 0 Å². The number of carbonyl (C=O) groups is 1. The first-order valence-corrected chi connectivity index (χ1v) is 7.81. The van der Waals surface area contributed by atoms with Gasteiger partial charge in [-0.1, -0.05) is 12.8 Å². The summed E-state index contributed by atoms with van der Waals surface area (Å²) in [6.45, 7) is 0.837. The number of carboxylic acid groups (broad SMARTS) is 1. The van der Waals surface area contributed by atoms with Gasteiger partial charge in [-0.2, -0.15) is 0 Å². The third kappa shape index (κ3) is 3.11. The van der Waals surface area contributed by atoms with E-state index in [-0.39, 0.29) is 6.10 Å². The van der Waals surface area contributed by atoms with Crippen molar-refractivity contribution in [2.45, 2.75) is 75.5 Å². The Bertz CT molecular complexity index is 336. The summed E-state index contributed by atoms with van der Waals surface area (Å²) in [4.78, 5) is 11.6. The van der Waals surface area contributed by atoms with Gasteiger partial charge in [-0.3, -0.25) is 10.1 Å². The Morgan fingerprint density at radius 3 is 2.58 bits per heavy atom. The highest BCUT2D eigenvalue weighted by Crippen LogP contribution is 2.36. The van der Waals surface area contributed by atoms with Crippen molar-refractivity contribution >= 4 is 5.97 Å². The van der Waals surface area contributed by atoms with Gasteiger partial charge in [0.15, 0.2) is 0 Å². The molecule has 4 heteroatoms. The minimum absolute atomic E-state index is 0.142. The van der Waals surface area contributed by atoms with E-state index in [1.807, 2.05) is 0 Å². The van der Waals surface area contributed by atoms with Crippen molar-refractivity contribution in [3.8, 4) is 0 Å². The number of aliphatic carboxylic acids is 1. The number of ether oxygens (including phenoxy) is 1. The maximum atomic E-state index is 11.6.